The van der Waals surface area contributed by atoms with Gasteiger partial charge in [-0.05, 0) is 31.6 Å². The van der Waals surface area contributed by atoms with Gasteiger partial charge in [0.25, 0.3) is 0 Å². The van der Waals surface area contributed by atoms with Crippen molar-refractivity contribution in [3.63, 3.8) is 0 Å². The van der Waals surface area contributed by atoms with Gasteiger partial charge in [-0.15, -0.1) is 0 Å². The van der Waals surface area contributed by atoms with Crippen LogP contribution in [0.1, 0.15) is 25.7 Å². The Kier molecular flexibility index (Phi) is 1.95. The molecule has 2 nitrogen and oxygen atoms in total. The molecule has 2 heteroatoms. The first-order valence-corrected chi connectivity index (χ1v) is 4.47. The lowest BCUT2D eigenvalue weighted by Gasteiger charge is -2.26. The number of hydrogen-bond acceptors (Lipinski definition) is 2. The van der Waals surface area contributed by atoms with E-state index in [1.807, 2.05) is 0 Å². The highest BCUT2D eigenvalue weighted by Crippen LogP contribution is 2.38. The van der Waals surface area contributed by atoms with Crippen LogP contribution in [0.3, 0.4) is 0 Å². The Hall–Kier alpha value is -0.370. The fraction of sp³-hybridized carbons (Fsp3) is 0.889. The Morgan fingerprint density at radius 1 is 1.27 bits per heavy atom. The van der Waals surface area contributed by atoms with Crippen LogP contribution in [0.4, 0.5) is 0 Å². The zero-order valence-corrected chi connectivity index (χ0v) is 6.66. The van der Waals surface area contributed by atoms with Crippen molar-refractivity contribution in [3.8, 4) is 0 Å². The van der Waals surface area contributed by atoms with Crippen molar-refractivity contribution in [2.45, 2.75) is 31.8 Å². The van der Waals surface area contributed by atoms with E-state index in [2.05, 4.69) is 0 Å². The lowest BCUT2D eigenvalue weighted by Crippen LogP contribution is -2.27. The minimum Gasteiger partial charge on any atom is -0.378 e. The van der Waals surface area contributed by atoms with Crippen LogP contribution in [0, 0.1) is 11.8 Å². The lowest BCUT2D eigenvalue weighted by atomic mass is 9.95. The van der Waals surface area contributed by atoms with Gasteiger partial charge in [0, 0.05) is 12.5 Å². The van der Waals surface area contributed by atoms with Crippen molar-refractivity contribution in [1.82, 2.24) is 0 Å². The van der Waals surface area contributed by atoms with Crippen molar-refractivity contribution in [1.29, 1.82) is 0 Å². The first kappa shape index (κ1) is 7.29. The molecule has 0 spiro atoms. The predicted octanol–water partition coefficient (Wildman–Crippen LogP) is 1.39. The van der Waals surface area contributed by atoms with Crippen LogP contribution in [0.25, 0.3) is 0 Å². The summed E-state index contributed by atoms with van der Waals surface area (Å²) >= 11 is 0. The third-order valence-corrected chi connectivity index (χ3v) is 2.70. The second kappa shape index (κ2) is 2.94. The van der Waals surface area contributed by atoms with Crippen molar-refractivity contribution in [2.24, 2.45) is 11.8 Å². The molecular weight excluding hydrogens is 140 g/mol. The monoisotopic (exact) mass is 154 g/mol. The minimum absolute atomic E-state index is 0.286. The van der Waals surface area contributed by atoms with Crippen LogP contribution >= 0.6 is 0 Å². The summed E-state index contributed by atoms with van der Waals surface area (Å²) in [4.78, 5) is 10.5. The summed E-state index contributed by atoms with van der Waals surface area (Å²) in [7, 11) is 0. The Morgan fingerprint density at radius 2 is 2.09 bits per heavy atom. The molecule has 0 N–H and O–H groups in total. The van der Waals surface area contributed by atoms with Gasteiger partial charge in [-0.2, -0.15) is 0 Å². The van der Waals surface area contributed by atoms with Crippen LogP contribution in [0.2, 0.25) is 0 Å². The van der Waals surface area contributed by atoms with E-state index < -0.39 is 0 Å². The molecule has 2 rings (SSSR count). The number of carbonyl (C=O) groups is 1. The maximum atomic E-state index is 10.5. The maximum Gasteiger partial charge on any atom is 0.123 e. The fourth-order valence-electron chi connectivity index (χ4n) is 1.78. The molecule has 11 heavy (non-hydrogen) atoms. The van der Waals surface area contributed by atoms with Crippen LogP contribution in [-0.2, 0) is 9.53 Å². The minimum atomic E-state index is 0.286. The SMILES string of the molecule is O=C[C@H]1CCO[C@@H](C2CC2)C1. The second-order valence-corrected chi connectivity index (χ2v) is 3.67. The standard InChI is InChI=1S/C9H14O2/c10-6-7-3-4-11-9(5-7)8-1-2-8/h6-9H,1-5H2/t7-,9+/m0/s1. The van der Waals surface area contributed by atoms with Gasteiger partial charge in [-0.3, -0.25) is 0 Å². The van der Waals surface area contributed by atoms with E-state index in [0.29, 0.717) is 6.10 Å². The average molecular weight is 154 g/mol. The topological polar surface area (TPSA) is 26.3 Å². The first-order chi connectivity index (χ1) is 5.40. The summed E-state index contributed by atoms with van der Waals surface area (Å²) in [5.41, 5.74) is 0. The highest BCUT2D eigenvalue weighted by molar-refractivity contribution is 5.53. The summed E-state index contributed by atoms with van der Waals surface area (Å²) < 4.78 is 5.58. The second-order valence-electron chi connectivity index (χ2n) is 3.67. The zero-order valence-electron chi connectivity index (χ0n) is 6.66. The summed E-state index contributed by atoms with van der Waals surface area (Å²) in [6.07, 6.45) is 6.06. The molecule has 1 aliphatic carbocycles. The number of ether oxygens (including phenoxy) is 1. The molecule has 0 radical (unpaired) electrons. The summed E-state index contributed by atoms with van der Waals surface area (Å²) in [5, 5.41) is 0. The van der Waals surface area contributed by atoms with Gasteiger partial charge in [-0.1, -0.05) is 0 Å². The molecule has 62 valence electrons. The molecule has 1 heterocycles. The summed E-state index contributed by atoms with van der Waals surface area (Å²) in [5.74, 6) is 1.08. The first-order valence-electron chi connectivity index (χ1n) is 4.47. The quantitative estimate of drug-likeness (QED) is 0.562. The Bertz CT molecular complexity index is 152. The van der Waals surface area contributed by atoms with Gasteiger partial charge in [0.2, 0.25) is 0 Å². The van der Waals surface area contributed by atoms with Crippen molar-refractivity contribution < 1.29 is 9.53 Å². The molecule has 2 aliphatic rings. The lowest BCUT2D eigenvalue weighted by molar-refractivity contribution is -0.116. The normalized spacial score (nSPS) is 38.5. The number of carbonyl (C=O) groups excluding carboxylic acids is 1. The van der Waals surface area contributed by atoms with Gasteiger partial charge < -0.3 is 9.53 Å². The third-order valence-electron chi connectivity index (χ3n) is 2.70. The van der Waals surface area contributed by atoms with Crippen molar-refractivity contribution >= 4 is 6.29 Å². The van der Waals surface area contributed by atoms with Crippen molar-refractivity contribution in [2.75, 3.05) is 6.61 Å². The zero-order chi connectivity index (χ0) is 7.68. The van der Waals surface area contributed by atoms with E-state index in [0.717, 1.165) is 31.7 Å². The highest BCUT2D eigenvalue weighted by atomic mass is 16.5. The largest absolute Gasteiger partial charge is 0.378 e. The average Bonchev–Trinajstić information content (AvgIpc) is 2.87. The summed E-state index contributed by atoms with van der Waals surface area (Å²) in [6, 6.07) is 0. The molecule has 2 atom stereocenters. The molecule has 1 aliphatic heterocycles. The molecule has 0 aromatic heterocycles. The van der Waals surface area contributed by atoms with E-state index >= 15 is 0 Å². The molecule has 1 saturated heterocycles. The third kappa shape index (κ3) is 1.62. The Balaban J connectivity index is 1.86. The van der Waals surface area contributed by atoms with Gasteiger partial charge in [-0.25, -0.2) is 0 Å². The van der Waals surface area contributed by atoms with E-state index in [4.69, 9.17) is 4.74 Å². The maximum absolute atomic E-state index is 10.5. The van der Waals surface area contributed by atoms with Crippen LogP contribution in [-0.4, -0.2) is 19.0 Å². The van der Waals surface area contributed by atoms with Crippen molar-refractivity contribution in [3.05, 3.63) is 0 Å². The van der Waals surface area contributed by atoms with E-state index in [1.165, 1.54) is 12.8 Å². The van der Waals surface area contributed by atoms with E-state index in [9.17, 15) is 4.79 Å². The van der Waals surface area contributed by atoms with Gasteiger partial charge in [0.1, 0.15) is 6.29 Å². The molecule has 0 amide bonds. The highest BCUT2D eigenvalue weighted by Gasteiger charge is 2.35. The molecule has 0 unspecified atom stereocenters. The molecule has 0 bridgehead atoms. The van der Waals surface area contributed by atoms with Gasteiger partial charge in [0.05, 0.1) is 6.10 Å². The van der Waals surface area contributed by atoms with Gasteiger partial charge in [0.15, 0.2) is 0 Å². The number of rotatable bonds is 2. The molecular formula is C9H14O2. The number of aldehydes is 1. The number of hydrogen-bond donors (Lipinski definition) is 0. The van der Waals surface area contributed by atoms with Gasteiger partial charge >= 0.3 is 0 Å². The summed E-state index contributed by atoms with van der Waals surface area (Å²) in [6.45, 7) is 0.796. The van der Waals surface area contributed by atoms with Crippen LogP contribution in [0.5, 0.6) is 0 Å². The smallest absolute Gasteiger partial charge is 0.123 e. The molecule has 2 fully saturated rings. The van der Waals surface area contributed by atoms with E-state index in [1.54, 1.807) is 0 Å². The van der Waals surface area contributed by atoms with Crippen LogP contribution in [0.15, 0.2) is 0 Å². The Labute approximate surface area is 66.9 Å². The van der Waals surface area contributed by atoms with Crippen LogP contribution < -0.4 is 0 Å². The fourth-order valence-corrected chi connectivity index (χ4v) is 1.78. The molecule has 1 saturated carbocycles. The molecule has 0 aromatic rings. The van der Waals surface area contributed by atoms with E-state index in [-0.39, 0.29) is 5.92 Å². The Morgan fingerprint density at radius 3 is 2.73 bits per heavy atom. The molecule has 0 aromatic carbocycles. The predicted molar refractivity (Wildman–Crippen MR) is 41.3 cm³/mol.